The summed E-state index contributed by atoms with van der Waals surface area (Å²) in [6.45, 7) is 3.04. The van der Waals surface area contributed by atoms with Crippen LogP contribution in [0, 0.1) is 0 Å². The van der Waals surface area contributed by atoms with Crippen LogP contribution in [0.15, 0.2) is 91.0 Å². The van der Waals surface area contributed by atoms with E-state index in [0.717, 1.165) is 29.5 Å². The molecule has 0 heterocycles. The molecule has 1 atom stereocenters. The smallest absolute Gasteiger partial charge is 0.199 e. The van der Waals surface area contributed by atoms with E-state index in [1.54, 1.807) is 0 Å². The molecule has 1 unspecified atom stereocenters. The highest BCUT2D eigenvalue weighted by Gasteiger charge is 2.41. The molecule has 0 radical (unpaired) electrons. The van der Waals surface area contributed by atoms with Crippen LogP contribution in [0.3, 0.4) is 0 Å². The van der Waals surface area contributed by atoms with Gasteiger partial charge in [0.15, 0.2) is 5.79 Å². The molecule has 0 aliphatic carbocycles. The van der Waals surface area contributed by atoms with Crippen molar-refractivity contribution in [3.63, 3.8) is 0 Å². The lowest BCUT2D eigenvalue weighted by atomic mass is 9.94. The van der Waals surface area contributed by atoms with Gasteiger partial charge in [-0.2, -0.15) is 0 Å². The second kappa shape index (κ2) is 17.9. The number of aliphatic hydroxyl groups excluding tert-OH is 1. The molecular weight excluding hydrogens is 468 g/mol. The lowest BCUT2D eigenvalue weighted by Gasteiger charge is -2.38. The molecule has 3 aromatic carbocycles. The second-order valence-electron chi connectivity index (χ2n) is 10.5. The molecule has 206 valence electrons. The fourth-order valence-corrected chi connectivity index (χ4v) is 4.96. The Bertz CT molecular complexity index is 915. The Morgan fingerprint density at radius 2 is 0.947 bits per heavy atom. The van der Waals surface area contributed by atoms with Gasteiger partial charge in [0.25, 0.3) is 0 Å². The van der Waals surface area contributed by atoms with Crippen LogP contribution in [-0.4, -0.2) is 10.9 Å². The van der Waals surface area contributed by atoms with Gasteiger partial charge in [-0.1, -0.05) is 162 Å². The van der Waals surface area contributed by atoms with Crippen molar-refractivity contribution in [2.24, 2.45) is 0 Å². The Kier molecular flexibility index (Phi) is 14.2. The third-order valence-corrected chi connectivity index (χ3v) is 7.31. The van der Waals surface area contributed by atoms with Gasteiger partial charge in [0, 0.05) is 6.42 Å². The van der Waals surface area contributed by atoms with Gasteiger partial charge in [-0.3, -0.25) is 0 Å². The summed E-state index contributed by atoms with van der Waals surface area (Å²) < 4.78 is 13.1. The SMILES string of the molecule is CCCCCCCCCCCCCC(OCc1ccccc1)(OCc1ccccc1)C(O)c1ccccc1. The molecule has 0 saturated carbocycles. The normalized spacial score (nSPS) is 12.5. The fourth-order valence-electron chi connectivity index (χ4n) is 4.96. The average molecular weight is 517 g/mol. The molecule has 3 heteroatoms. The predicted molar refractivity (Wildman–Crippen MR) is 158 cm³/mol. The van der Waals surface area contributed by atoms with E-state index in [9.17, 15) is 5.11 Å². The highest BCUT2D eigenvalue weighted by atomic mass is 16.7. The van der Waals surface area contributed by atoms with Crippen molar-refractivity contribution in [2.45, 2.75) is 109 Å². The Morgan fingerprint density at radius 1 is 0.553 bits per heavy atom. The van der Waals surface area contributed by atoms with E-state index in [-0.39, 0.29) is 0 Å². The number of unbranched alkanes of at least 4 members (excludes halogenated alkanes) is 10. The number of rotatable bonds is 20. The molecular formula is C35H48O3. The largest absolute Gasteiger partial charge is 0.383 e. The van der Waals surface area contributed by atoms with E-state index in [4.69, 9.17) is 9.47 Å². The molecule has 0 saturated heterocycles. The van der Waals surface area contributed by atoms with Crippen molar-refractivity contribution in [1.82, 2.24) is 0 Å². The van der Waals surface area contributed by atoms with Crippen LogP contribution in [0.4, 0.5) is 0 Å². The zero-order valence-corrected chi connectivity index (χ0v) is 23.4. The molecule has 3 aromatic rings. The first-order chi connectivity index (χ1) is 18.7. The first-order valence-electron chi connectivity index (χ1n) is 14.8. The molecule has 3 nitrogen and oxygen atoms in total. The van der Waals surface area contributed by atoms with Gasteiger partial charge in [-0.25, -0.2) is 0 Å². The summed E-state index contributed by atoms with van der Waals surface area (Å²) in [5.74, 6) is -1.13. The second-order valence-corrected chi connectivity index (χ2v) is 10.5. The maximum Gasteiger partial charge on any atom is 0.199 e. The van der Waals surface area contributed by atoms with Crippen molar-refractivity contribution < 1.29 is 14.6 Å². The van der Waals surface area contributed by atoms with Crippen molar-refractivity contribution in [3.8, 4) is 0 Å². The van der Waals surface area contributed by atoms with E-state index < -0.39 is 11.9 Å². The summed E-state index contributed by atoms with van der Waals surface area (Å²) in [5, 5.41) is 11.7. The van der Waals surface area contributed by atoms with Gasteiger partial charge in [0.2, 0.25) is 0 Å². The van der Waals surface area contributed by atoms with Gasteiger partial charge >= 0.3 is 0 Å². The van der Waals surface area contributed by atoms with Crippen LogP contribution in [0.25, 0.3) is 0 Å². The summed E-state index contributed by atoms with van der Waals surface area (Å²) in [6.07, 6.45) is 13.8. The first kappa shape index (κ1) is 30.1. The third kappa shape index (κ3) is 10.7. The molecule has 1 N–H and O–H groups in total. The minimum Gasteiger partial charge on any atom is -0.383 e. The highest BCUT2D eigenvalue weighted by Crippen LogP contribution is 2.37. The lowest BCUT2D eigenvalue weighted by molar-refractivity contribution is -0.301. The van der Waals surface area contributed by atoms with E-state index in [2.05, 4.69) is 31.2 Å². The van der Waals surface area contributed by atoms with E-state index in [1.807, 2.05) is 66.7 Å². The molecule has 38 heavy (non-hydrogen) atoms. The summed E-state index contributed by atoms with van der Waals surface area (Å²) in [4.78, 5) is 0. The van der Waals surface area contributed by atoms with Gasteiger partial charge in [0.1, 0.15) is 6.10 Å². The Labute approximate surface area is 231 Å². The van der Waals surface area contributed by atoms with Crippen molar-refractivity contribution in [2.75, 3.05) is 0 Å². The van der Waals surface area contributed by atoms with Crippen LogP contribution >= 0.6 is 0 Å². The van der Waals surface area contributed by atoms with Gasteiger partial charge in [-0.15, -0.1) is 0 Å². The molecule has 0 bridgehead atoms. The van der Waals surface area contributed by atoms with Gasteiger partial charge < -0.3 is 14.6 Å². The zero-order chi connectivity index (χ0) is 26.7. The minimum absolute atomic E-state index is 0.386. The molecule has 3 rings (SSSR count). The Morgan fingerprint density at radius 3 is 1.39 bits per heavy atom. The molecule has 0 aliphatic heterocycles. The van der Waals surface area contributed by atoms with E-state index in [1.165, 1.54) is 57.8 Å². The number of hydrogen-bond donors (Lipinski definition) is 1. The quantitative estimate of drug-likeness (QED) is 0.120. The van der Waals surface area contributed by atoms with Gasteiger partial charge in [0.05, 0.1) is 13.2 Å². The monoisotopic (exact) mass is 516 g/mol. The predicted octanol–water partition coefficient (Wildman–Crippen LogP) is 9.55. The Balaban J connectivity index is 1.64. The first-order valence-corrected chi connectivity index (χ1v) is 14.8. The standard InChI is InChI=1S/C35H48O3/c1-2-3-4-5-6-7-8-9-10-11-21-28-35(34(36)33-26-19-14-20-27-33,37-29-31-22-15-12-16-23-31)38-30-32-24-17-13-18-25-32/h12-20,22-27,34,36H,2-11,21,28-30H2,1H3. The topological polar surface area (TPSA) is 38.7 Å². The number of benzene rings is 3. The van der Waals surface area contributed by atoms with Crippen LogP contribution in [0.5, 0.6) is 0 Å². The van der Waals surface area contributed by atoms with E-state index >= 15 is 0 Å². The van der Waals surface area contributed by atoms with Crippen molar-refractivity contribution >= 4 is 0 Å². The average Bonchev–Trinajstić information content (AvgIpc) is 2.98. The molecule has 0 aliphatic rings. The lowest BCUT2D eigenvalue weighted by Crippen LogP contribution is -2.42. The summed E-state index contributed by atoms with van der Waals surface area (Å²) in [5.41, 5.74) is 2.95. The zero-order valence-electron chi connectivity index (χ0n) is 23.4. The minimum atomic E-state index is -1.13. The molecule has 0 fully saturated rings. The summed E-state index contributed by atoms with van der Waals surface area (Å²) in [6, 6.07) is 30.1. The van der Waals surface area contributed by atoms with Crippen molar-refractivity contribution in [3.05, 3.63) is 108 Å². The molecule has 0 amide bonds. The third-order valence-electron chi connectivity index (χ3n) is 7.31. The van der Waals surface area contributed by atoms with Crippen LogP contribution < -0.4 is 0 Å². The molecule has 0 aromatic heterocycles. The highest BCUT2D eigenvalue weighted by molar-refractivity contribution is 5.20. The Hall–Kier alpha value is -2.46. The summed E-state index contributed by atoms with van der Waals surface area (Å²) in [7, 11) is 0. The van der Waals surface area contributed by atoms with Crippen LogP contribution in [-0.2, 0) is 22.7 Å². The maximum atomic E-state index is 11.7. The maximum absolute atomic E-state index is 11.7. The number of hydrogen-bond acceptors (Lipinski definition) is 3. The number of aliphatic hydroxyl groups is 1. The molecule has 0 spiro atoms. The number of ether oxygens (including phenoxy) is 2. The van der Waals surface area contributed by atoms with Crippen molar-refractivity contribution in [1.29, 1.82) is 0 Å². The van der Waals surface area contributed by atoms with Gasteiger partial charge in [-0.05, 0) is 23.1 Å². The van der Waals surface area contributed by atoms with Crippen LogP contribution in [0.1, 0.15) is 107 Å². The fraction of sp³-hybridized carbons (Fsp3) is 0.486. The van der Waals surface area contributed by atoms with Crippen LogP contribution in [0.2, 0.25) is 0 Å². The summed E-state index contributed by atoms with van der Waals surface area (Å²) >= 11 is 0. The van der Waals surface area contributed by atoms with E-state index in [0.29, 0.717) is 19.6 Å².